The highest BCUT2D eigenvalue weighted by Gasteiger charge is 2.14. The SMILES string of the molecule is CC(=O)Oc1cc2oc(=O)cc(CC(=O)NCCN(C)C)c2cc1Cl. The van der Waals surface area contributed by atoms with Gasteiger partial charge in [0, 0.05) is 37.5 Å². The van der Waals surface area contributed by atoms with Crippen LogP contribution in [0.4, 0.5) is 0 Å². The number of nitrogens with one attached hydrogen (secondary N) is 1. The van der Waals surface area contributed by atoms with Gasteiger partial charge in [-0.15, -0.1) is 0 Å². The van der Waals surface area contributed by atoms with Crippen LogP contribution in [0.2, 0.25) is 5.02 Å². The molecule has 25 heavy (non-hydrogen) atoms. The number of likely N-dealkylation sites (N-methyl/N-ethyl adjacent to an activating group) is 1. The van der Waals surface area contributed by atoms with Crippen LogP contribution in [-0.4, -0.2) is 44.0 Å². The van der Waals surface area contributed by atoms with E-state index in [9.17, 15) is 14.4 Å². The van der Waals surface area contributed by atoms with Gasteiger partial charge < -0.3 is 19.4 Å². The Morgan fingerprint density at radius 1 is 1.28 bits per heavy atom. The van der Waals surface area contributed by atoms with Gasteiger partial charge in [-0.3, -0.25) is 9.59 Å². The molecular weight excluding hydrogens is 348 g/mol. The Morgan fingerprint density at radius 3 is 2.64 bits per heavy atom. The molecule has 0 saturated heterocycles. The van der Waals surface area contributed by atoms with Crippen LogP contribution in [-0.2, 0) is 16.0 Å². The van der Waals surface area contributed by atoms with Crippen molar-refractivity contribution in [3.8, 4) is 5.75 Å². The Hall–Kier alpha value is -2.38. The summed E-state index contributed by atoms with van der Waals surface area (Å²) in [7, 11) is 3.82. The zero-order chi connectivity index (χ0) is 18.6. The highest BCUT2D eigenvalue weighted by molar-refractivity contribution is 6.33. The molecule has 1 amide bonds. The average molecular weight is 367 g/mol. The molecule has 2 aromatic rings. The van der Waals surface area contributed by atoms with Crippen LogP contribution in [0.15, 0.2) is 27.4 Å². The van der Waals surface area contributed by atoms with E-state index in [1.54, 1.807) is 0 Å². The Morgan fingerprint density at radius 2 is 2.00 bits per heavy atom. The van der Waals surface area contributed by atoms with Gasteiger partial charge in [0.1, 0.15) is 5.58 Å². The van der Waals surface area contributed by atoms with Gasteiger partial charge in [-0.1, -0.05) is 11.6 Å². The maximum atomic E-state index is 12.1. The summed E-state index contributed by atoms with van der Waals surface area (Å²) in [6, 6.07) is 4.14. The number of carbonyl (C=O) groups excluding carboxylic acids is 2. The van der Waals surface area contributed by atoms with Crippen molar-refractivity contribution in [1.29, 1.82) is 0 Å². The molecule has 134 valence electrons. The van der Waals surface area contributed by atoms with Crippen molar-refractivity contribution in [2.24, 2.45) is 0 Å². The largest absolute Gasteiger partial charge is 0.425 e. The van der Waals surface area contributed by atoms with Gasteiger partial charge in [0.2, 0.25) is 5.91 Å². The lowest BCUT2D eigenvalue weighted by molar-refractivity contribution is -0.131. The number of fused-ring (bicyclic) bond motifs is 1. The lowest BCUT2D eigenvalue weighted by atomic mass is 10.1. The smallest absolute Gasteiger partial charge is 0.336 e. The third kappa shape index (κ3) is 5.30. The topological polar surface area (TPSA) is 88.8 Å². The predicted octanol–water partition coefficient (Wildman–Crippen LogP) is 1.59. The van der Waals surface area contributed by atoms with Gasteiger partial charge in [-0.05, 0) is 25.7 Å². The highest BCUT2D eigenvalue weighted by Crippen LogP contribution is 2.31. The molecule has 0 aliphatic rings. The summed E-state index contributed by atoms with van der Waals surface area (Å²) in [5, 5.41) is 3.49. The molecule has 0 bridgehead atoms. The Labute approximate surface area is 149 Å². The number of halogens is 1. The van der Waals surface area contributed by atoms with Crippen molar-refractivity contribution >= 4 is 34.4 Å². The molecule has 0 aliphatic heterocycles. The van der Waals surface area contributed by atoms with Crippen LogP contribution in [0.1, 0.15) is 12.5 Å². The molecule has 0 unspecified atom stereocenters. The van der Waals surface area contributed by atoms with Crippen molar-refractivity contribution in [3.63, 3.8) is 0 Å². The standard InChI is InChI=1S/C17H19ClN2O5/c1-10(21)24-15-9-14-12(8-13(15)18)11(7-17(23)25-14)6-16(22)19-4-5-20(2)3/h7-9H,4-6H2,1-3H3,(H,19,22). The molecule has 0 aliphatic carbocycles. The summed E-state index contributed by atoms with van der Waals surface area (Å²) in [4.78, 5) is 36.9. The first-order valence-corrected chi connectivity index (χ1v) is 8.00. The minimum atomic E-state index is -0.598. The third-order valence-corrected chi connectivity index (χ3v) is 3.66. The maximum absolute atomic E-state index is 12.1. The van der Waals surface area contributed by atoms with Crippen LogP contribution < -0.4 is 15.7 Å². The van der Waals surface area contributed by atoms with E-state index in [-0.39, 0.29) is 28.7 Å². The number of ether oxygens (including phenoxy) is 1. The first-order valence-electron chi connectivity index (χ1n) is 7.62. The number of rotatable bonds is 6. The van der Waals surface area contributed by atoms with Gasteiger partial charge >= 0.3 is 11.6 Å². The molecule has 2 rings (SSSR count). The Bertz CT molecular complexity index is 860. The number of benzene rings is 1. The van der Waals surface area contributed by atoms with Crippen molar-refractivity contribution in [2.45, 2.75) is 13.3 Å². The number of carbonyl (C=O) groups is 2. The van der Waals surface area contributed by atoms with E-state index in [4.69, 9.17) is 20.8 Å². The quantitative estimate of drug-likeness (QED) is 0.474. The predicted molar refractivity (Wildman–Crippen MR) is 94.1 cm³/mol. The molecule has 1 heterocycles. The number of hydrogen-bond donors (Lipinski definition) is 1. The number of esters is 1. The van der Waals surface area contributed by atoms with Crippen molar-refractivity contribution in [2.75, 3.05) is 27.2 Å². The molecule has 8 heteroatoms. The molecule has 1 N–H and O–H groups in total. The highest BCUT2D eigenvalue weighted by atomic mass is 35.5. The Balaban J connectivity index is 2.30. The zero-order valence-electron chi connectivity index (χ0n) is 14.2. The van der Waals surface area contributed by atoms with E-state index in [1.807, 2.05) is 19.0 Å². The normalized spacial score (nSPS) is 10.9. The first kappa shape index (κ1) is 19.0. The van der Waals surface area contributed by atoms with Crippen molar-refractivity contribution in [1.82, 2.24) is 10.2 Å². The third-order valence-electron chi connectivity index (χ3n) is 3.37. The molecule has 0 spiro atoms. The average Bonchev–Trinajstić information content (AvgIpc) is 2.48. The van der Waals surface area contributed by atoms with Crippen LogP contribution in [0.5, 0.6) is 5.75 Å². The minimum absolute atomic E-state index is 0.0127. The zero-order valence-corrected chi connectivity index (χ0v) is 15.0. The number of hydrogen-bond acceptors (Lipinski definition) is 6. The van der Waals surface area contributed by atoms with Crippen LogP contribution in [0.3, 0.4) is 0 Å². The first-order chi connectivity index (χ1) is 11.8. The lowest BCUT2D eigenvalue weighted by Crippen LogP contribution is -2.32. The molecule has 7 nitrogen and oxygen atoms in total. The second kappa shape index (κ2) is 8.13. The fourth-order valence-corrected chi connectivity index (χ4v) is 2.46. The summed E-state index contributed by atoms with van der Waals surface area (Å²) in [5.41, 5.74) is 0.0915. The van der Waals surface area contributed by atoms with E-state index in [0.29, 0.717) is 24.0 Å². The molecule has 0 saturated carbocycles. The second-order valence-electron chi connectivity index (χ2n) is 5.79. The fourth-order valence-electron chi connectivity index (χ4n) is 2.26. The fraction of sp³-hybridized carbons (Fsp3) is 0.353. The van der Waals surface area contributed by atoms with Gasteiger partial charge in [0.05, 0.1) is 11.4 Å². The van der Waals surface area contributed by atoms with Gasteiger partial charge in [-0.2, -0.15) is 0 Å². The van der Waals surface area contributed by atoms with E-state index in [0.717, 1.165) is 0 Å². The van der Waals surface area contributed by atoms with E-state index < -0.39 is 11.6 Å². The van der Waals surface area contributed by atoms with E-state index in [1.165, 1.54) is 25.1 Å². The summed E-state index contributed by atoms with van der Waals surface area (Å²) in [6.45, 7) is 2.45. The number of nitrogens with zero attached hydrogens (tertiary/aromatic N) is 1. The number of amides is 1. The summed E-state index contributed by atoms with van der Waals surface area (Å²) >= 11 is 6.11. The second-order valence-corrected chi connectivity index (χ2v) is 6.20. The van der Waals surface area contributed by atoms with Gasteiger partial charge in [-0.25, -0.2) is 4.79 Å². The van der Waals surface area contributed by atoms with Gasteiger partial charge in [0.25, 0.3) is 0 Å². The Kier molecular flexibility index (Phi) is 6.17. The molecular formula is C17H19ClN2O5. The molecule has 0 atom stereocenters. The molecule has 0 radical (unpaired) electrons. The molecule has 0 fully saturated rings. The van der Waals surface area contributed by atoms with Crippen molar-refractivity contribution in [3.05, 3.63) is 39.2 Å². The van der Waals surface area contributed by atoms with Crippen LogP contribution in [0.25, 0.3) is 11.0 Å². The summed E-state index contributed by atoms with van der Waals surface area (Å²) < 4.78 is 10.1. The van der Waals surface area contributed by atoms with Crippen LogP contribution in [0, 0.1) is 0 Å². The maximum Gasteiger partial charge on any atom is 0.336 e. The molecule has 1 aromatic carbocycles. The lowest BCUT2D eigenvalue weighted by Gasteiger charge is -2.11. The summed E-state index contributed by atoms with van der Waals surface area (Å²) in [5.74, 6) is -0.661. The van der Waals surface area contributed by atoms with Gasteiger partial charge in [0.15, 0.2) is 5.75 Å². The van der Waals surface area contributed by atoms with E-state index in [2.05, 4.69) is 5.32 Å². The minimum Gasteiger partial charge on any atom is -0.425 e. The summed E-state index contributed by atoms with van der Waals surface area (Å²) in [6.07, 6.45) is 0.0127. The van der Waals surface area contributed by atoms with Crippen LogP contribution >= 0.6 is 11.6 Å². The van der Waals surface area contributed by atoms with E-state index >= 15 is 0 Å². The van der Waals surface area contributed by atoms with Crippen molar-refractivity contribution < 1.29 is 18.7 Å². The monoisotopic (exact) mass is 366 g/mol. The molecule has 1 aromatic heterocycles.